The lowest BCUT2D eigenvalue weighted by Gasteiger charge is -2.37. The van der Waals surface area contributed by atoms with Crippen LogP contribution in [0.15, 0.2) is 53.5 Å². The Kier molecular flexibility index (Phi) is 4.16. The average molecular weight is 349 g/mol. The third-order valence-electron chi connectivity index (χ3n) is 5.08. The maximum absolute atomic E-state index is 12.0. The van der Waals surface area contributed by atoms with Gasteiger partial charge in [-0.1, -0.05) is 18.2 Å². The number of fused-ring (bicyclic) bond motifs is 1. The van der Waals surface area contributed by atoms with E-state index in [9.17, 15) is 9.70 Å². The van der Waals surface area contributed by atoms with Crippen LogP contribution in [0, 0.1) is 11.8 Å². The van der Waals surface area contributed by atoms with Crippen molar-refractivity contribution < 1.29 is 5.18 Å². The van der Waals surface area contributed by atoms with Gasteiger partial charge in [0.2, 0.25) is 0 Å². The summed E-state index contributed by atoms with van der Waals surface area (Å²) in [5.74, 6) is 0. The minimum absolute atomic E-state index is 0.185. The van der Waals surface area contributed by atoms with Gasteiger partial charge in [-0.05, 0) is 36.1 Å². The standard InChI is InChI=1S/C20H20N4O2/c1-14-4-2-3-5-18(14)23-8-10-24(11-9-23)19-12-15-6-7-21-20(25)16(15)13-17(19)22-26/h2-7,12-13H,8-11H2,1H3,(H,21,25)/p+1. The summed E-state index contributed by atoms with van der Waals surface area (Å²) in [5.41, 5.74) is 3.64. The van der Waals surface area contributed by atoms with Crippen LogP contribution < -0.4 is 20.5 Å². The first-order chi connectivity index (χ1) is 12.7. The number of piperazine rings is 1. The molecule has 26 heavy (non-hydrogen) atoms. The molecule has 3 aromatic rings. The Morgan fingerprint density at radius 3 is 2.35 bits per heavy atom. The fraction of sp³-hybridized carbons (Fsp3) is 0.250. The lowest BCUT2D eigenvalue weighted by atomic mass is 10.1. The number of nitrogens with one attached hydrogen (secondary N) is 2. The number of anilines is 2. The molecule has 0 saturated carbocycles. The summed E-state index contributed by atoms with van der Waals surface area (Å²) in [6.45, 7) is 5.53. The molecule has 2 aromatic carbocycles. The molecule has 0 bridgehead atoms. The van der Waals surface area contributed by atoms with Crippen LogP contribution in [0.4, 0.5) is 17.1 Å². The molecule has 132 valence electrons. The van der Waals surface area contributed by atoms with Crippen LogP contribution in [0.5, 0.6) is 0 Å². The van der Waals surface area contributed by atoms with Gasteiger partial charge in [-0.2, -0.15) is 0 Å². The summed E-state index contributed by atoms with van der Waals surface area (Å²) in [5, 5.41) is 3.36. The number of aryl methyl sites for hydroxylation is 1. The van der Waals surface area contributed by atoms with Crippen LogP contribution >= 0.6 is 0 Å². The van der Waals surface area contributed by atoms with E-state index < -0.39 is 0 Å². The SMILES string of the molecule is Cc1ccccc1N1CCN(c2cc3cc[nH]c(=O)c3cc2[NH+]=O)CC1. The monoisotopic (exact) mass is 349 g/mol. The van der Waals surface area contributed by atoms with Crippen LogP contribution in [-0.4, -0.2) is 31.2 Å². The van der Waals surface area contributed by atoms with Crippen molar-refractivity contribution in [2.45, 2.75) is 6.92 Å². The molecule has 1 aliphatic rings. The zero-order valence-corrected chi connectivity index (χ0v) is 14.7. The van der Waals surface area contributed by atoms with E-state index in [0.29, 0.717) is 11.1 Å². The molecule has 1 aromatic heterocycles. The summed E-state index contributed by atoms with van der Waals surface area (Å²) in [4.78, 5) is 30.7. The van der Waals surface area contributed by atoms with Crippen LogP contribution in [-0.2, 0) is 0 Å². The molecule has 1 aliphatic heterocycles. The van der Waals surface area contributed by atoms with Crippen LogP contribution in [0.2, 0.25) is 0 Å². The molecular formula is C20H21N4O2+. The number of H-pyrrole nitrogens is 1. The maximum atomic E-state index is 12.0. The van der Waals surface area contributed by atoms with Gasteiger partial charge >= 0.3 is 0 Å². The van der Waals surface area contributed by atoms with Crippen molar-refractivity contribution in [3.05, 3.63) is 69.5 Å². The molecule has 1 fully saturated rings. The van der Waals surface area contributed by atoms with E-state index in [0.717, 1.165) is 37.3 Å². The summed E-state index contributed by atoms with van der Waals surface area (Å²) in [6.07, 6.45) is 1.63. The van der Waals surface area contributed by atoms with Crippen molar-refractivity contribution in [2.24, 2.45) is 0 Å². The Bertz CT molecular complexity index is 1020. The number of hydrogen-bond donors (Lipinski definition) is 2. The fourth-order valence-electron chi connectivity index (χ4n) is 3.67. The van der Waals surface area contributed by atoms with E-state index in [-0.39, 0.29) is 5.56 Å². The van der Waals surface area contributed by atoms with Gasteiger partial charge in [-0.3, -0.25) is 4.79 Å². The zero-order valence-electron chi connectivity index (χ0n) is 14.7. The topological polar surface area (TPSA) is 70.4 Å². The Hall–Kier alpha value is -3.15. The highest BCUT2D eigenvalue weighted by molar-refractivity contribution is 5.89. The van der Waals surface area contributed by atoms with Crippen LogP contribution in [0.1, 0.15) is 5.56 Å². The smallest absolute Gasteiger partial charge is 0.277 e. The summed E-state index contributed by atoms with van der Waals surface area (Å²) < 4.78 is 0. The number of aromatic amines is 1. The number of nitrogens with zero attached hydrogens (tertiary/aromatic N) is 2. The van der Waals surface area contributed by atoms with Crippen molar-refractivity contribution in [3.63, 3.8) is 0 Å². The lowest BCUT2D eigenvalue weighted by Crippen LogP contribution is -2.57. The molecule has 0 radical (unpaired) electrons. The summed E-state index contributed by atoms with van der Waals surface area (Å²) >= 11 is 0. The van der Waals surface area contributed by atoms with Gasteiger partial charge in [0, 0.05) is 54.2 Å². The second-order valence-electron chi connectivity index (χ2n) is 6.63. The Morgan fingerprint density at radius 2 is 1.65 bits per heavy atom. The van der Waals surface area contributed by atoms with Crippen LogP contribution in [0.25, 0.3) is 10.8 Å². The van der Waals surface area contributed by atoms with Crippen molar-refractivity contribution >= 4 is 27.8 Å². The van der Waals surface area contributed by atoms with Crippen LogP contribution in [0.3, 0.4) is 0 Å². The van der Waals surface area contributed by atoms with Crippen molar-refractivity contribution in [3.8, 4) is 0 Å². The lowest BCUT2D eigenvalue weighted by molar-refractivity contribution is -0.378. The quantitative estimate of drug-likeness (QED) is 0.754. The first-order valence-electron chi connectivity index (χ1n) is 8.76. The second kappa shape index (κ2) is 6.63. The number of nitroso groups, excluding NO2 is 1. The van der Waals surface area contributed by atoms with Gasteiger partial charge in [-0.15, -0.1) is 0 Å². The molecule has 2 heterocycles. The molecule has 0 amide bonds. The Morgan fingerprint density at radius 1 is 0.962 bits per heavy atom. The molecular weight excluding hydrogens is 328 g/mol. The predicted octanol–water partition coefficient (Wildman–Crippen LogP) is 1.64. The zero-order chi connectivity index (χ0) is 18.1. The third kappa shape index (κ3) is 2.83. The normalized spacial score (nSPS) is 14.7. The fourth-order valence-corrected chi connectivity index (χ4v) is 3.67. The number of pyridine rings is 1. The van der Waals surface area contributed by atoms with E-state index in [1.54, 1.807) is 12.3 Å². The molecule has 0 aliphatic carbocycles. The molecule has 1 saturated heterocycles. The van der Waals surface area contributed by atoms with E-state index in [2.05, 4.69) is 46.0 Å². The van der Waals surface area contributed by atoms with Gasteiger partial charge in [0.15, 0.2) is 0 Å². The molecule has 4 rings (SSSR count). The van der Waals surface area contributed by atoms with Gasteiger partial charge in [0.05, 0.1) is 5.39 Å². The van der Waals surface area contributed by atoms with E-state index >= 15 is 0 Å². The largest absolute Gasteiger partial charge is 0.368 e. The van der Waals surface area contributed by atoms with E-state index in [4.69, 9.17) is 0 Å². The minimum atomic E-state index is -0.185. The first kappa shape index (κ1) is 16.3. The molecule has 6 nitrogen and oxygen atoms in total. The van der Waals surface area contributed by atoms with Gasteiger partial charge in [0.25, 0.3) is 11.2 Å². The molecule has 0 spiro atoms. The average Bonchev–Trinajstić information content (AvgIpc) is 2.68. The number of hydrogen-bond acceptors (Lipinski definition) is 4. The number of benzene rings is 2. The predicted molar refractivity (Wildman–Crippen MR) is 104 cm³/mol. The highest BCUT2D eigenvalue weighted by Gasteiger charge is 2.23. The molecule has 0 atom stereocenters. The van der Waals surface area contributed by atoms with Crippen molar-refractivity contribution in [2.75, 3.05) is 36.0 Å². The van der Waals surface area contributed by atoms with Crippen molar-refractivity contribution in [1.29, 1.82) is 0 Å². The summed E-state index contributed by atoms with van der Waals surface area (Å²) in [7, 11) is 0. The maximum Gasteiger partial charge on any atom is 0.277 e. The number of aromatic nitrogens is 1. The van der Waals surface area contributed by atoms with Crippen molar-refractivity contribution in [1.82, 2.24) is 4.98 Å². The van der Waals surface area contributed by atoms with Gasteiger partial charge in [0.1, 0.15) is 5.69 Å². The van der Waals surface area contributed by atoms with E-state index in [1.165, 1.54) is 11.3 Å². The van der Waals surface area contributed by atoms with Gasteiger partial charge < -0.3 is 14.8 Å². The van der Waals surface area contributed by atoms with E-state index in [1.807, 2.05) is 17.3 Å². The highest BCUT2D eigenvalue weighted by atomic mass is 16.3. The molecule has 6 heteroatoms. The highest BCUT2D eigenvalue weighted by Crippen LogP contribution is 2.29. The number of para-hydroxylation sites is 1. The Labute approximate surface area is 151 Å². The van der Waals surface area contributed by atoms with Gasteiger partial charge in [-0.25, -0.2) is 0 Å². The summed E-state index contributed by atoms with van der Waals surface area (Å²) in [6, 6.07) is 13.8. The third-order valence-corrected chi connectivity index (χ3v) is 5.08. The first-order valence-corrected chi connectivity index (χ1v) is 8.76. The number of rotatable bonds is 3. The Balaban J connectivity index is 1.62. The minimum Gasteiger partial charge on any atom is -0.368 e. The molecule has 0 unspecified atom stereocenters. The molecule has 2 N–H and O–H groups in total. The second-order valence-corrected chi connectivity index (χ2v) is 6.63.